The minimum atomic E-state index is -0.380. The Kier molecular flexibility index (Phi) is 8.04. The van der Waals surface area contributed by atoms with Crippen molar-refractivity contribution in [1.29, 1.82) is 5.41 Å². The number of ketones is 1. The Labute approximate surface area is 209 Å². The summed E-state index contributed by atoms with van der Waals surface area (Å²) in [6.45, 7) is 10.6. The van der Waals surface area contributed by atoms with Gasteiger partial charge in [0.15, 0.2) is 5.78 Å². The first kappa shape index (κ1) is 26.5. The number of likely N-dealkylation sites (tertiary alicyclic amines) is 1. The van der Waals surface area contributed by atoms with Gasteiger partial charge in [0.05, 0.1) is 6.54 Å². The number of phenols is 1. The Hall–Kier alpha value is -3.15. The first-order valence-electron chi connectivity index (χ1n) is 12.4. The molecule has 3 rings (SSSR count). The third kappa shape index (κ3) is 5.92. The van der Waals surface area contributed by atoms with Crippen molar-refractivity contribution in [2.24, 2.45) is 5.92 Å². The monoisotopic (exact) mass is 477 g/mol. The van der Waals surface area contributed by atoms with E-state index in [4.69, 9.17) is 5.41 Å². The molecular formula is C29H39N3O3. The Bertz CT molecular complexity index is 1090. The molecule has 1 heterocycles. The fraction of sp³-hybridized carbons (Fsp3) is 0.483. The van der Waals surface area contributed by atoms with E-state index in [0.717, 1.165) is 18.4 Å². The lowest BCUT2D eigenvalue weighted by Gasteiger charge is -2.25. The van der Waals surface area contributed by atoms with Crippen LogP contribution in [0, 0.1) is 11.3 Å². The van der Waals surface area contributed by atoms with Crippen molar-refractivity contribution in [3.8, 4) is 5.75 Å². The van der Waals surface area contributed by atoms with Crippen molar-refractivity contribution in [2.45, 2.75) is 65.3 Å². The number of nitrogens with one attached hydrogen (secondary N) is 1. The normalized spacial score (nSPS) is 18.1. The van der Waals surface area contributed by atoms with E-state index in [1.165, 1.54) is 11.8 Å². The standard InChI is InChI=1S/C29H39N3O3/c1-7-11-21-17-32(28(30)26(21)20-12-9-8-10-13-20)18-25(34)22-14-23(16-31(6)19(2)33)27(35)24(15-22)29(3,4)5/h8-10,12-15,21,26,30,35H,7,11,16-18H2,1-6H3. The fourth-order valence-electron chi connectivity index (χ4n) is 4.95. The molecule has 2 unspecified atom stereocenters. The molecule has 0 aromatic heterocycles. The molecule has 0 spiro atoms. The summed E-state index contributed by atoms with van der Waals surface area (Å²) < 4.78 is 0. The first-order valence-corrected chi connectivity index (χ1v) is 12.4. The van der Waals surface area contributed by atoms with Gasteiger partial charge in [-0.3, -0.25) is 15.0 Å². The quantitative estimate of drug-likeness (QED) is 0.503. The fourth-order valence-corrected chi connectivity index (χ4v) is 4.95. The highest BCUT2D eigenvalue weighted by molar-refractivity contribution is 6.01. The largest absolute Gasteiger partial charge is 0.507 e. The molecule has 2 atom stereocenters. The average molecular weight is 478 g/mol. The van der Waals surface area contributed by atoms with Crippen LogP contribution in [-0.4, -0.2) is 52.6 Å². The lowest BCUT2D eigenvalue weighted by atomic mass is 9.83. The van der Waals surface area contributed by atoms with Gasteiger partial charge in [-0.05, 0) is 35.4 Å². The predicted molar refractivity (Wildman–Crippen MR) is 140 cm³/mol. The van der Waals surface area contributed by atoms with E-state index in [-0.39, 0.29) is 41.9 Å². The Morgan fingerprint density at radius 2 is 1.83 bits per heavy atom. The zero-order valence-electron chi connectivity index (χ0n) is 21.9. The van der Waals surface area contributed by atoms with E-state index < -0.39 is 0 Å². The summed E-state index contributed by atoms with van der Waals surface area (Å²) in [7, 11) is 1.68. The molecule has 1 aliphatic rings. The molecule has 1 aliphatic heterocycles. The van der Waals surface area contributed by atoms with Crippen molar-refractivity contribution in [1.82, 2.24) is 9.80 Å². The Morgan fingerprint density at radius 1 is 1.17 bits per heavy atom. The second-order valence-corrected chi connectivity index (χ2v) is 10.8. The molecule has 1 saturated heterocycles. The number of benzene rings is 2. The molecule has 0 saturated carbocycles. The molecule has 2 N–H and O–H groups in total. The van der Waals surface area contributed by atoms with Gasteiger partial charge in [-0.15, -0.1) is 0 Å². The number of carbonyl (C=O) groups excluding carboxylic acids is 2. The van der Waals surface area contributed by atoms with Crippen molar-refractivity contribution in [2.75, 3.05) is 20.1 Å². The number of amidine groups is 1. The van der Waals surface area contributed by atoms with Crippen LogP contribution >= 0.6 is 0 Å². The highest BCUT2D eigenvalue weighted by Crippen LogP contribution is 2.38. The van der Waals surface area contributed by atoms with Gasteiger partial charge in [-0.25, -0.2) is 0 Å². The molecule has 188 valence electrons. The van der Waals surface area contributed by atoms with Crippen LogP contribution in [0.3, 0.4) is 0 Å². The minimum Gasteiger partial charge on any atom is -0.507 e. The van der Waals surface area contributed by atoms with Crippen LogP contribution in [0.2, 0.25) is 0 Å². The molecule has 35 heavy (non-hydrogen) atoms. The topological polar surface area (TPSA) is 84.7 Å². The van der Waals surface area contributed by atoms with Gasteiger partial charge < -0.3 is 14.9 Å². The lowest BCUT2D eigenvalue weighted by molar-refractivity contribution is -0.128. The molecule has 2 aromatic carbocycles. The Morgan fingerprint density at radius 3 is 2.40 bits per heavy atom. The van der Waals surface area contributed by atoms with E-state index in [2.05, 4.69) is 19.1 Å². The van der Waals surface area contributed by atoms with Crippen LogP contribution in [0.4, 0.5) is 0 Å². The van der Waals surface area contributed by atoms with Crippen molar-refractivity contribution >= 4 is 17.5 Å². The predicted octanol–water partition coefficient (Wildman–Crippen LogP) is 5.34. The number of hydrogen-bond donors (Lipinski definition) is 2. The summed E-state index contributed by atoms with van der Waals surface area (Å²) in [5, 5.41) is 19.9. The molecule has 1 fully saturated rings. The number of carbonyl (C=O) groups is 2. The minimum absolute atomic E-state index is 0.00585. The molecule has 0 radical (unpaired) electrons. The van der Waals surface area contributed by atoms with Crippen molar-refractivity contribution < 1.29 is 14.7 Å². The average Bonchev–Trinajstić information content (AvgIpc) is 3.09. The van der Waals surface area contributed by atoms with Gasteiger partial charge in [0.1, 0.15) is 11.6 Å². The zero-order chi connectivity index (χ0) is 25.9. The van der Waals surface area contributed by atoms with E-state index in [1.54, 1.807) is 19.2 Å². The number of phenolic OH excluding ortho intramolecular Hbond substituents is 1. The van der Waals surface area contributed by atoms with Crippen LogP contribution in [-0.2, 0) is 16.8 Å². The number of Topliss-reactive ketones (excluding diaryl/α,β-unsaturated/α-hetero) is 1. The van der Waals surface area contributed by atoms with E-state index >= 15 is 0 Å². The highest BCUT2D eigenvalue weighted by atomic mass is 16.3. The number of nitrogens with zero attached hydrogens (tertiary/aromatic N) is 2. The van der Waals surface area contributed by atoms with Crippen LogP contribution in [0.5, 0.6) is 5.75 Å². The van der Waals surface area contributed by atoms with E-state index in [9.17, 15) is 14.7 Å². The van der Waals surface area contributed by atoms with Crippen molar-refractivity contribution in [3.05, 3.63) is 64.7 Å². The molecule has 0 aliphatic carbocycles. The number of rotatable bonds is 8. The molecule has 1 amide bonds. The molecule has 6 heteroatoms. The molecule has 0 bridgehead atoms. The number of aromatic hydroxyl groups is 1. The third-order valence-corrected chi connectivity index (χ3v) is 6.98. The molecule has 6 nitrogen and oxygen atoms in total. The molecular weight excluding hydrogens is 438 g/mol. The van der Waals surface area contributed by atoms with E-state index in [1.807, 2.05) is 43.9 Å². The highest BCUT2D eigenvalue weighted by Gasteiger charge is 2.38. The van der Waals surface area contributed by atoms with Gasteiger partial charge >= 0.3 is 0 Å². The van der Waals surface area contributed by atoms with Crippen molar-refractivity contribution in [3.63, 3.8) is 0 Å². The Balaban J connectivity index is 1.91. The van der Waals surface area contributed by atoms with Crippen LogP contribution in [0.25, 0.3) is 0 Å². The van der Waals surface area contributed by atoms with Gasteiger partial charge in [0, 0.05) is 49.7 Å². The van der Waals surface area contributed by atoms with Gasteiger partial charge in [-0.2, -0.15) is 0 Å². The summed E-state index contributed by atoms with van der Waals surface area (Å²) >= 11 is 0. The summed E-state index contributed by atoms with van der Waals surface area (Å²) in [4.78, 5) is 28.7. The van der Waals surface area contributed by atoms with Crippen LogP contribution in [0.15, 0.2) is 42.5 Å². The van der Waals surface area contributed by atoms with Crippen LogP contribution in [0.1, 0.15) is 80.4 Å². The maximum Gasteiger partial charge on any atom is 0.219 e. The maximum absolute atomic E-state index is 13.5. The summed E-state index contributed by atoms with van der Waals surface area (Å²) in [6.07, 6.45) is 2.03. The summed E-state index contributed by atoms with van der Waals surface area (Å²) in [5.74, 6) is 0.715. The second-order valence-electron chi connectivity index (χ2n) is 10.8. The van der Waals surface area contributed by atoms with E-state index in [0.29, 0.717) is 35.0 Å². The number of hydrogen-bond acceptors (Lipinski definition) is 4. The third-order valence-electron chi connectivity index (χ3n) is 6.98. The summed E-state index contributed by atoms with van der Waals surface area (Å²) in [6, 6.07) is 13.6. The number of amides is 1. The van der Waals surface area contributed by atoms with Crippen LogP contribution < -0.4 is 0 Å². The lowest BCUT2D eigenvalue weighted by Crippen LogP contribution is -2.32. The summed E-state index contributed by atoms with van der Waals surface area (Å²) in [5.41, 5.74) is 2.48. The smallest absolute Gasteiger partial charge is 0.219 e. The SMILES string of the molecule is CCCC1CN(CC(=O)c2cc(CN(C)C(C)=O)c(O)c(C(C)(C)C)c2)C(=N)C1c1ccccc1. The zero-order valence-corrected chi connectivity index (χ0v) is 21.9. The maximum atomic E-state index is 13.5. The molecule has 2 aromatic rings. The van der Waals surface area contributed by atoms with Gasteiger partial charge in [0.25, 0.3) is 0 Å². The van der Waals surface area contributed by atoms with Gasteiger partial charge in [0.2, 0.25) is 5.91 Å². The first-order chi connectivity index (χ1) is 16.4. The van der Waals surface area contributed by atoms with Gasteiger partial charge in [-0.1, -0.05) is 64.4 Å². The second kappa shape index (κ2) is 10.6.